The molecule has 0 bridgehead atoms. The number of rotatable bonds is 40. The molecule has 0 radical (unpaired) electrons. The first-order chi connectivity index (χ1) is 33.2. The number of hydrogen-bond acceptors (Lipinski definition) is 15. The van der Waals surface area contributed by atoms with Crippen molar-refractivity contribution in [3.8, 4) is 0 Å². The predicted octanol–water partition coefficient (Wildman–Crippen LogP) is 2.78. The van der Waals surface area contributed by atoms with Gasteiger partial charge in [-0.05, 0) is 57.8 Å². The quantitative estimate of drug-likeness (QED) is 0.0407. The number of urea groups is 3. The van der Waals surface area contributed by atoms with E-state index in [9.17, 15) is 33.2 Å². The van der Waals surface area contributed by atoms with Crippen LogP contribution < -0.4 is 49.0 Å². The van der Waals surface area contributed by atoms with Crippen molar-refractivity contribution in [1.82, 2.24) is 45.6 Å². The van der Waals surface area contributed by atoms with Crippen molar-refractivity contribution in [3.05, 3.63) is 31.5 Å². The molecule has 6 amide bonds. The van der Waals surface area contributed by atoms with Crippen LogP contribution in [0.2, 0.25) is 12.1 Å². The molecule has 1 heterocycles. The third kappa shape index (κ3) is 28.5. The van der Waals surface area contributed by atoms with E-state index >= 15 is 0 Å². The van der Waals surface area contributed by atoms with E-state index in [1.54, 1.807) is 42.7 Å². The SMILES string of the molecule is CCCCNC(=O)NCCCCCCn1c(=O)n(CCCCCCNC(=O)NCCC[Si](OC)(OC)OC)c(=O)n(CCCCCCNC(=O)NCCC[Si](OC)(OC)OC)c1=O.CO[Si](=O)OC. The Morgan fingerprint density at radius 2 is 0.652 bits per heavy atom. The Morgan fingerprint density at radius 3 is 0.884 bits per heavy atom. The summed E-state index contributed by atoms with van der Waals surface area (Å²) in [4.78, 5) is 77.1. The topological polar surface area (TPSA) is 280 Å². The number of nitrogens with one attached hydrogen (secondary N) is 6. The maximum atomic E-state index is 13.6. The van der Waals surface area contributed by atoms with Gasteiger partial charge >= 0.3 is 61.9 Å². The highest BCUT2D eigenvalue weighted by Gasteiger charge is 2.37. The minimum absolute atomic E-state index is 0.175. The highest BCUT2D eigenvalue weighted by molar-refractivity contribution is 6.60. The summed E-state index contributed by atoms with van der Waals surface area (Å²) in [6.07, 6.45) is 11.7. The van der Waals surface area contributed by atoms with Crippen LogP contribution in [0.25, 0.3) is 0 Å². The molecule has 0 atom stereocenters. The number of unbranched alkanes of at least 4 members (excludes halogenated alkanes) is 10. The summed E-state index contributed by atoms with van der Waals surface area (Å²) in [5, 5.41) is 17.0. The van der Waals surface area contributed by atoms with Crippen molar-refractivity contribution >= 4 is 44.9 Å². The molecule has 1 rings (SSSR count). The van der Waals surface area contributed by atoms with Crippen LogP contribution in [-0.4, -0.2) is 155 Å². The van der Waals surface area contributed by atoms with E-state index in [0.29, 0.717) is 83.5 Å². The second-order valence-corrected chi connectivity index (χ2v) is 23.4. The molecule has 27 heteroatoms. The molecule has 0 unspecified atom stereocenters. The highest BCUT2D eigenvalue weighted by atomic mass is 28.4. The van der Waals surface area contributed by atoms with Crippen LogP contribution in [-0.2, 0) is 59.5 Å². The van der Waals surface area contributed by atoms with Crippen LogP contribution in [0.15, 0.2) is 14.4 Å². The van der Waals surface area contributed by atoms with E-state index < -0.39 is 43.8 Å². The van der Waals surface area contributed by atoms with Crippen LogP contribution in [0, 0.1) is 0 Å². The lowest BCUT2D eigenvalue weighted by Crippen LogP contribution is -2.54. The van der Waals surface area contributed by atoms with E-state index in [1.165, 1.54) is 27.9 Å². The number of nitrogens with zero attached hydrogens (tertiary/aromatic N) is 3. The Kier molecular flexibility index (Phi) is 38.4. The zero-order valence-electron chi connectivity index (χ0n) is 43.1. The van der Waals surface area contributed by atoms with Gasteiger partial charge in [0.15, 0.2) is 0 Å². The minimum Gasteiger partial charge on any atom is -0.499 e. The molecule has 0 aliphatic heterocycles. The molecule has 69 heavy (non-hydrogen) atoms. The molecule has 1 aromatic heterocycles. The van der Waals surface area contributed by atoms with Gasteiger partial charge in [-0.25, -0.2) is 42.5 Å². The van der Waals surface area contributed by atoms with Crippen molar-refractivity contribution < 1.29 is 54.3 Å². The molecule has 0 fully saturated rings. The fourth-order valence-electron chi connectivity index (χ4n) is 6.88. The van der Waals surface area contributed by atoms with E-state index in [-0.39, 0.29) is 37.7 Å². The van der Waals surface area contributed by atoms with Crippen LogP contribution in [0.3, 0.4) is 0 Å². The van der Waals surface area contributed by atoms with Crippen molar-refractivity contribution in [2.24, 2.45) is 0 Å². The number of carbonyl (C=O) groups excluding carboxylic acids is 3. The van der Waals surface area contributed by atoms with Gasteiger partial charge < -0.3 is 67.3 Å². The average Bonchev–Trinajstić information content (AvgIpc) is 3.36. The molecule has 24 nitrogen and oxygen atoms in total. The Hall–Kier alpha value is -3.97. The van der Waals surface area contributed by atoms with Crippen molar-refractivity contribution in [2.45, 2.75) is 141 Å². The number of carbonyl (C=O) groups is 3. The average molecular weight is 1040 g/mol. The van der Waals surface area contributed by atoms with E-state index in [0.717, 1.165) is 70.6 Å². The lowest BCUT2D eigenvalue weighted by molar-refractivity contribution is 0.122. The fourth-order valence-corrected chi connectivity index (χ4v) is 10.5. The van der Waals surface area contributed by atoms with Crippen LogP contribution >= 0.6 is 0 Å². The van der Waals surface area contributed by atoms with Crippen molar-refractivity contribution in [3.63, 3.8) is 0 Å². The predicted molar refractivity (Wildman–Crippen MR) is 267 cm³/mol. The maximum Gasteiger partial charge on any atom is 0.766 e. The zero-order valence-corrected chi connectivity index (χ0v) is 46.1. The minimum atomic E-state index is -2.68. The van der Waals surface area contributed by atoms with E-state index in [4.69, 9.17) is 26.6 Å². The third-order valence-corrected chi connectivity index (χ3v) is 17.4. The molecule has 0 spiro atoms. The molecule has 0 aromatic carbocycles. The van der Waals surface area contributed by atoms with Crippen LogP contribution in [0.4, 0.5) is 14.4 Å². The number of aromatic nitrogens is 3. The molecular weight excluding hydrogens is 955 g/mol. The van der Waals surface area contributed by atoms with E-state index in [1.807, 2.05) is 0 Å². The second-order valence-electron chi connectivity index (χ2n) is 15.9. The molecule has 6 N–H and O–H groups in total. The van der Waals surface area contributed by atoms with Crippen LogP contribution in [0.1, 0.15) is 110 Å². The largest absolute Gasteiger partial charge is 0.766 e. The van der Waals surface area contributed by atoms with Gasteiger partial charge in [0, 0.05) is 114 Å². The first kappa shape index (κ1) is 65.0. The number of amides is 6. The molecule has 402 valence electrons. The van der Waals surface area contributed by atoms with Gasteiger partial charge in [0.2, 0.25) is 0 Å². The Bertz CT molecular complexity index is 1620. The van der Waals surface area contributed by atoms with Crippen molar-refractivity contribution in [2.75, 3.05) is 96.1 Å². The number of hydrogen-bond donors (Lipinski definition) is 6. The van der Waals surface area contributed by atoms with Gasteiger partial charge in [-0.2, -0.15) is 0 Å². The Labute approximate surface area is 412 Å². The lowest BCUT2D eigenvalue weighted by atomic mass is 10.2. The van der Waals surface area contributed by atoms with Gasteiger partial charge in [-0.1, -0.05) is 51.9 Å². The normalized spacial score (nSPS) is 11.3. The highest BCUT2D eigenvalue weighted by Crippen LogP contribution is 2.15. The van der Waals surface area contributed by atoms with Crippen molar-refractivity contribution in [1.29, 1.82) is 0 Å². The third-order valence-electron chi connectivity index (χ3n) is 11.1. The summed E-state index contributed by atoms with van der Waals surface area (Å²) < 4.78 is 54.3. The molecule has 1 aromatic rings. The zero-order chi connectivity index (χ0) is 51.8. The first-order valence-electron chi connectivity index (χ1n) is 24.2. The monoisotopic (exact) mass is 1040 g/mol. The summed E-state index contributed by atoms with van der Waals surface area (Å²) in [6.45, 7) is 5.62. The molecule has 0 aliphatic rings. The summed E-state index contributed by atoms with van der Waals surface area (Å²) in [6, 6.07) is 0.445. The maximum absolute atomic E-state index is 13.6. The Balaban J connectivity index is 0.00000719. The van der Waals surface area contributed by atoms with Gasteiger partial charge in [0.1, 0.15) is 0 Å². The summed E-state index contributed by atoms with van der Waals surface area (Å²) in [5.74, 6) is 0. The summed E-state index contributed by atoms with van der Waals surface area (Å²) >= 11 is 0. The molecule has 0 aliphatic carbocycles. The summed E-state index contributed by atoms with van der Waals surface area (Å²) in [7, 11) is 4.52. The van der Waals surface area contributed by atoms with Gasteiger partial charge in [0.25, 0.3) is 0 Å². The lowest BCUT2D eigenvalue weighted by Gasteiger charge is -2.24. The summed E-state index contributed by atoms with van der Waals surface area (Å²) in [5.41, 5.74) is -1.81. The Morgan fingerprint density at radius 1 is 0.406 bits per heavy atom. The molecule has 0 saturated carbocycles. The smallest absolute Gasteiger partial charge is 0.499 e. The second kappa shape index (κ2) is 40.7. The van der Waals surface area contributed by atoms with E-state index in [2.05, 4.69) is 47.7 Å². The van der Waals surface area contributed by atoms with Gasteiger partial charge in [-0.3, -0.25) is 4.46 Å². The first-order valence-corrected chi connectivity index (χ1v) is 29.2. The standard InChI is InChI=1S/C40H81N9O12Si2.C2H6O3Si/c1-8-9-24-41-35(50)42-25-16-10-13-19-30-47-38(53)48(31-20-14-11-17-26-43-36(51)45-28-22-33-62(56-2,57-3)58-4)40(55)49(39(47)54)32-21-15-12-18-27-44-37(52)46-29-23-34-63(59-5,60-6)61-7;1-4-6(3)5-2/h8-34H2,1-7H3,(H2,41,42,50)(H2,43,45,51)(H2,44,46,52);1-2H3. The molecule has 0 saturated heterocycles. The fraction of sp³-hybridized carbons (Fsp3) is 0.857. The molecular formula is C42H87N9O15Si3. The van der Waals surface area contributed by atoms with Gasteiger partial charge in [-0.15, -0.1) is 0 Å². The van der Waals surface area contributed by atoms with Crippen LogP contribution in [0.5, 0.6) is 0 Å². The van der Waals surface area contributed by atoms with Gasteiger partial charge in [0.05, 0.1) is 14.2 Å².